The van der Waals surface area contributed by atoms with Gasteiger partial charge in [-0.2, -0.15) is 0 Å². The zero-order chi connectivity index (χ0) is 24.6. The minimum atomic E-state index is -0.595. The van der Waals surface area contributed by atoms with Crippen LogP contribution < -0.4 is 10.1 Å². The molecule has 7 nitrogen and oxygen atoms in total. The highest BCUT2D eigenvalue weighted by Gasteiger charge is 2.40. The fraction of sp³-hybridized carbons (Fsp3) is 0.483. The predicted octanol–water partition coefficient (Wildman–Crippen LogP) is 3.63. The molecule has 2 aromatic carbocycles. The number of ether oxygens (including phenoxy) is 1. The monoisotopic (exact) mass is 487 g/mol. The number of likely N-dealkylation sites (tertiary alicyclic amines) is 1. The van der Waals surface area contributed by atoms with Crippen LogP contribution in [0.1, 0.15) is 72.3 Å². The van der Waals surface area contributed by atoms with Gasteiger partial charge in [-0.3, -0.25) is 24.6 Å². The number of piperidine rings is 1. The van der Waals surface area contributed by atoms with Crippen molar-refractivity contribution < 1.29 is 19.1 Å². The largest absolute Gasteiger partial charge is 0.489 e. The molecule has 3 aliphatic heterocycles. The van der Waals surface area contributed by atoms with E-state index in [2.05, 4.69) is 40.5 Å². The van der Waals surface area contributed by atoms with Gasteiger partial charge in [0.05, 0.1) is 0 Å². The van der Waals surface area contributed by atoms with Crippen molar-refractivity contribution in [1.82, 2.24) is 15.1 Å². The SMILES string of the molecule is O=C1CCC(N2Cc3cc(O[C@@H]4CCCCC[C@@H]4N4CC(c5ccccc5)C4)ccc3C2=O)C(=O)N1. The normalized spacial score (nSPS) is 27.3. The first-order valence-corrected chi connectivity index (χ1v) is 13.3. The van der Waals surface area contributed by atoms with Crippen LogP contribution in [0.4, 0.5) is 0 Å². The summed E-state index contributed by atoms with van der Waals surface area (Å²) in [6, 6.07) is 16.3. The molecule has 36 heavy (non-hydrogen) atoms. The molecule has 4 aliphatic rings. The fourth-order valence-electron chi connectivity index (χ4n) is 6.33. The molecule has 0 bridgehead atoms. The standard InChI is InChI=1S/C29H33N3O4/c33-27-14-13-25(28(34)30-27)32-18-20-15-22(11-12-23(20)29(32)35)36-26-10-6-2-5-9-24(26)31-16-21(17-31)19-7-3-1-4-8-19/h1,3-4,7-8,11-12,15,21,24-26H,2,5-6,9-10,13-14,16-18H2,(H,30,33,34)/t24-,25?,26+/m0/s1. The Balaban J connectivity index is 1.14. The van der Waals surface area contributed by atoms with Crippen molar-refractivity contribution in [2.45, 2.75) is 75.6 Å². The number of benzene rings is 2. The van der Waals surface area contributed by atoms with Gasteiger partial charge in [-0.1, -0.05) is 43.2 Å². The second-order valence-electron chi connectivity index (χ2n) is 10.6. The summed E-state index contributed by atoms with van der Waals surface area (Å²) in [4.78, 5) is 41.1. The molecular weight excluding hydrogens is 454 g/mol. The van der Waals surface area contributed by atoms with E-state index < -0.39 is 6.04 Å². The topological polar surface area (TPSA) is 79.0 Å². The van der Waals surface area contributed by atoms with Gasteiger partial charge >= 0.3 is 0 Å². The summed E-state index contributed by atoms with van der Waals surface area (Å²) in [5.74, 6) is 0.592. The van der Waals surface area contributed by atoms with E-state index in [1.54, 1.807) is 4.90 Å². The molecule has 1 unspecified atom stereocenters. The Bertz CT molecular complexity index is 1160. The van der Waals surface area contributed by atoms with Crippen molar-refractivity contribution in [1.29, 1.82) is 0 Å². The van der Waals surface area contributed by atoms with Crippen molar-refractivity contribution >= 4 is 17.7 Å². The Morgan fingerprint density at radius 2 is 1.69 bits per heavy atom. The van der Waals surface area contributed by atoms with Gasteiger partial charge in [0.25, 0.3) is 5.91 Å². The van der Waals surface area contributed by atoms with Gasteiger partial charge in [-0.25, -0.2) is 0 Å². The molecule has 2 saturated heterocycles. The lowest BCUT2D eigenvalue weighted by Gasteiger charge is -2.46. The van der Waals surface area contributed by atoms with Crippen molar-refractivity contribution in [2.24, 2.45) is 0 Å². The van der Waals surface area contributed by atoms with E-state index in [0.29, 0.717) is 30.5 Å². The smallest absolute Gasteiger partial charge is 0.255 e. The van der Waals surface area contributed by atoms with Crippen molar-refractivity contribution in [3.8, 4) is 5.75 Å². The van der Waals surface area contributed by atoms with Crippen LogP contribution in [-0.4, -0.2) is 58.8 Å². The van der Waals surface area contributed by atoms with E-state index in [1.807, 2.05) is 18.2 Å². The lowest BCUT2D eigenvalue weighted by Crippen LogP contribution is -2.55. The molecule has 0 radical (unpaired) electrons. The fourth-order valence-corrected chi connectivity index (χ4v) is 6.33. The molecule has 7 heteroatoms. The molecule has 3 amide bonds. The highest BCUT2D eigenvalue weighted by molar-refractivity contribution is 6.05. The summed E-state index contributed by atoms with van der Waals surface area (Å²) in [5, 5.41) is 2.36. The summed E-state index contributed by atoms with van der Waals surface area (Å²) in [5.41, 5.74) is 2.93. The highest BCUT2D eigenvalue weighted by atomic mass is 16.5. The third-order valence-corrected chi connectivity index (χ3v) is 8.35. The average Bonchev–Trinajstić information content (AvgIpc) is 3.00. The summed E-state index contributed by atoms with van der Waals surface area (Å²) in [7, 11) is 0. The minimum absolute atomic E-state index is 0.130. The van der Waals surface area contributed by atoms with Crippen LogP contribution in [-0.2, 0) is 16.1 Å². The van der Waals surface area contributed by atoms with E-state index in [-0.39, 0.29) is 30.2 Å². The van der Waals surface area contributed by atoms with Crippen molar-refractivity contribution in [3.63, 3.8) is 0 Å². The van der Waals surface area contributed by atoms with Crippen LogP contribution >= 0.6 is 0 Å². The first-order valence-electron chi connectivity index (χ1n) is 13.3. The van der Waals surface area contributed by atoms with Gasteiger partial charge < -0.3 is 9.64 Å². The van der Waals surface area contributed by atoms with Gasteiger partial charge in [-0.05, 0) is 55.0 Å². The number of imide groups is 1. The summed E-state index contributed by atoms with van der Waals surface area (Å²) in [6.45, 7) is 2.53. The van der Waals surface area contributed by atoms with E-state index in [9.17, 15) is 14.4 Å². The van der Waals surface area contributed by atoms with Gasteiger partial charge in [0.15, 0.2) is 0 Å². The van der Waals surface area contributed by atoms with Crippen LogP contribution in [0.25, 0.3) is 0 Å². The molecule has 3 fully saturated rings. The number of hydrogen-bond donors (Lipinski definition) is 1. The van der Waals surface area contributed by atoms with E-state index in [1.165, 1.54) is 24.8 Å². The van der Waals surface area contributed by atoms with Gasteiger partial charge in [-0.15, -0.1) is 0 Å². The molecule has 3 atom stereocenters. The van der Waals surface area contributed by atoms with Crippen molar-refractivity contribution in [3.05, 3.63) is 65.2 Å². The lowest BCUT2D eigenvalue weighted by molar-refractivity contribution is -0.136. The number of carbonyl (C=O) groups is 3. The van der Waals surface area contributed by atoms with Crippen LogP contribution in [0, 0.1) is 0 Å². The molecule has 1 N–H and O–H groups in total. The molecule has 3 heterocycles. The van der Waals surface area contributed by atoms with Crippen LogP contribution in [0.2, 0.25) is 0 Å². The average molecular weight is 488 g/mol. The Hall–Kier alpha value is -3.19. The zero-order valence-corrected chi connectivity index (χ0v) is 20.5. The number of carbonyl (C=O) groups excluding carboxylic acids is 3. The summed E-state index contributed by atoms with van der Waals surface area (Å²) in [6.07, 6.45) is 6.60. The first-order chi connectivity index (χ1) is 17.6. The number of fused-ring (bicyclic) bond motifs is 1. The third-order valence-electron chi connectivity index (χ3n) is 8.35. The minimum Gasteiger partial charge on any atom is -0.489 e. The molecular formula is C29H33N3O4. The van der Waals surface area contributed by atoms with Crippen LogP contribution in [0.15, 0.2) is 48.5 Å². The molecule has 1 aliphatic carbocycles. The summed E-state index contributed by atoms with van der Waals surface area (Å²) < 4.78 is 6.63. The molecule has 188 valence electrons. The molecule has 2 aromatic rings. The number of amides is 3. The Labute approximate surface area is 211 Å². The number of rotatable bonds is 5. The number of nitrogens with one attached hydrogen (secondary N) is 1. The predicted molar refractivity (Wildman–Crippen MR) is 135 cm³/mol. The number of hydrogen-bond acceptors (Lipinski definition) is 5. The molecule has 0 spiro atoms. The van der Waals surface area contributed by atoms with E-state index in [4.69, 9.17) is 4.74 Å². The van der Waals surface area contributed by atoms with Crippen LogP contribution in [0.3, 0.4) is 0 Å². The van der Waals surface area contributed by atoms with Gasteiger partial charge in [0, 0.05) is 43.6 Å². The first kappa shape index (κ1) is 23.2. The Kier molecular flexibility index (Phi) is 6.25. The van der Waals surface area contributed by atoms with E-state index >= 15 is 0 Å². The van der Waals surface area contributed by atoms with E-state index in [0.717, 1.165) is 37.2 Å². The lowest BCUT2D eigenvalue weighted by atomic mass is 9.88. The summed E-state index contributed by atoms with van der Waals surface area (Å²) >= 11 is 0. The maximum absolute atomic E-state index is 13.0. The third kappa shape index (κ3) is 4.41. The Morgan fingerprint density at radius 3 is 2.50 bits per heavy atom. The molecule has 0 aromatic heterocycles. The molecule has 6 rings (SSSR count). The van der Waals surface area contributed by atoms with Gasteiger partial charge in [0.1, 0.15) is 17.9 Å². The second kappa shape index (κ2) is 9.69. The maximum Gasteiger partial charge on any atom is 0.255 e. The van der Waals surface area contributed by atoms with Crippen molar-refractivity contribution in [2.75, 3.05) is 13.1 Å². The Morgan fingerprint density at radius 1 is 0.889 bits per heavy atom. The highest BCUT2D eigenvalue weighted by Crippen LogP contribution is 2.36. The second-order valence-corrected chi connectivity index (χ2v) is 10.6. The van der Waals surface area contributed by atoms with Gasteiger partial charge in [0.2, 0.25) is 11.8 Å². The maximum atomic E-state index is 13.0. The zero-order valence-electron chi connectivity index (χ0n) is 20.5. The quantitative estimate of drug-likeness (QED) is 0.515. The van der Waals surface area contributed by atoms with Crippen LogP contribution in [0.5, 0.6) is 5.75 Å². The molecule has 1 saturated carbocycles. The number of nitrogens with zero attached hydrogens (tertiary/aromatic N) is 2.